The predicted octanol–water partition coefficient (Wildman–Crippen LogP) is 6.16. The van der Waals surface area contributed by atoms with Gasteiger partial charge in [-0.15, -0.1) is 0 Å². The van der Waals surface area contributed by atoms with Crippen LogP contribution in [0.5, 0.6) is 5.75 Å². The Hall–Kier alpha value is -3.85. The van der Waals surface area contributed by atoms with Crippen LogP contribution in [0.3, 0.4) is 0 Å². The Kier molecular flexibility index (Phi) is 6.32. The smallest absolute Gasteiger partial charge is 0.416 e. The van der Waals surface area contributed by atoms with Crippen molar-refractivity contribution in [2.75, 3.05) is 5.32 Å². The molecule has 0 unspecified atom stereocenters. The van der Waals surface area contributed by atoms with Crippen LogP contribution in [-0.4, -0.2) is 11.0 Å². The number of rotatable bonds is 5. The van der Waals surface area contributed by atoms with Crippen molar-refractivity contribution in [2.45, 2.75) is 12.8 Å². The quantitative estimate of drug-likeness (QED) is 0.342. The molecule has 4 rings (SSSR count). The maximum absolute atomic E-state index is 12.9. The van der Waals surface area contributed by atoms with Crippen molar-refractivity contribution < 1.29 is 27.1 Å². The van der Waals surface area contributed by atoms with Crippen molar-refractivity contribution in [2.24, 2.45) is 0 Å². The van der Waals surface area contributed by atoms with Gasteiger partial charge in [-0.05, 0) is 54.2 Å². The minimum atomic E-state index is -4.41. The van der Waals surface area contributed by atoms with Gasteiger partial charge in [0, 0.05) is 17.1 Å². The summed E-state index contributed by atoms with van der Waals surface area (Å²) in [6, 6.07) is 20.5. The lowest BCUT2D eigenvalue weighted by atomic mass is 10.1. The average molecular weight is 470 g/mol. The van der Waals surface area contributed by atoms with Crippen LogP contribution in [0.15, 0.2) is 83.3 Å². The maximum atomic E-state index is 12.9. The molecule has 4 aromatic rings. The lowest BCUT2D eigenvalue weighted by Crippen LogP contribution is -2.33. The van der Waals surface area contributed by atoms with Crippen LogP contribution in [0.25, 0.3) is 11.0 Å². The van der Waals surface area contributed by atoms with Crippen LogP contribution < -0.4 is 15.4 Å². The molecule has 0 radical (unpaired) electrons. The van der Waals surface area contributed by atoms with Gasteiger partial charge >= 0.3 is 6.18 Å². The first-order valence-electron chi connectivity index (χ1n) is 9.78. The molecule has 33 heavy (non-hydrogen) atoms. The SMILES string of the molecule is O=C(NC(=S)Nc1cccc(OCc2cccc(C(F)(F)F)c2)c1)c1cc2ccccc2o1. The van der Waals surface area contributed by atoms with E-state index in [-0.39, 0.29) is 17.5 Å². The van der Waals surface area contributed by atoms with E-state index < -0.39 is 17.6 Å². The number of carbonyl (C=O) groups excluding carboxylic acids is 1. The monoisotopic (exact) mass is 470 g/mol. The van der Waals surface area contributed by atoms with Gasteiger partial charge in [0.05, 0.1) is 5.56 Å². The van der Waals surface area contributed by atoms with Crippen molar-refractivity contribution >= 4 is 39.9 Å². The molecule has 0 aliphatic heterocycles. The second-order valence-electron chi connectivity index (χ2n) is 7.07. The molecule has 0 bridgehead atoms. The van der Waals surface area contributed by atoms with Gasteiger partial charge in [0.15, 0.2) is 10.9 Å². The van der Waals surface area contributed by atoms with Crippen LogP contribution >= 0.6 is 12.2 Å². The number of nitrogens with one attached hydrogen (secondary N) is 2. The molecule has 1 heterocycles. The number of furan rings is 1. The Morgan fingerprint density at radius 2 is 1.76 bits per heavy atom. The molecule has 1 amide bonds. The molecule has 0 saturated heterocycles. The van der Waals surface area contributed by atoms with E-state index in [1.165, 1.54) is 6.07 Å². The number of anilines is 1. The highest BCUT2D eigenvalue weighted by Crippen LogP contribution is 2.30. The van der Waals surface area contributed by atoms with Crippen molar-refractivity contribution in [3.8, 4) is 5.75 Å². The second-order valence-corrected chi connectivity index (χ2v) is 7.48. The molecule has 168 valence electrons. The van der Waals surface area contributed by atoms with Gasteiger partial charge in [0.2, 0.25) is 0 Å². The highest BCUT2D eigenvalue weighted by Gasteiger charge is 2.30. The van der Waals surface area contributed by atoms with Gasteiger partial charge in [0.25, 0.3) is 5.91 Å². The summed E-state index contributed by atoms with van der Waals surface area (Å²) in [5.74, 6) is 0.0444. The topological polar surface area (TPSA) is 63.5 Å². The number of carbonyl (C=O) groups is 1. The van der Waals surface area contributed by atoms with Gasteiger partial charge in [-0.1, -0.05) is 36.4 Å². The van der Waals surface area contributed by atoms with Crippen molar-refractivity contribution in [3.63, 3.8) is 0 Å². The lowest BCUT2D eigenvalue weighted by Gasteiger charge is -2.12. The summed E-state index contributed by atoms with van der Waals surface area (Å²) in [6.07, 6.45) is -4.41. The fourth-order valence-electron chi connectivity index (χ4n) is 3.09. The average Bonchev–Trinajstić information content (AvgIpc) is 3.22. The van der Waals surface area contributed by atoms with Gasteiger partial charge in [-0.3, -0.25) is 10.1 Å². The molecule has 2 N–H and O–H groups in total. The van der Waals surface area contributed by atoms with Crippen LogP contribution in [-0.2, 0) is 12.8 Å². The summed E-state index contributed by atoms with van der Waals surface area (Å²) in [4.78, 5) is 12.4. The first-order valence-corrected chi connectivity index (χ1v) is 10.2. The van der Waals surface area contributed by atoms with Crippen molar-refractivity contribution in [3.05, 3.63) is 95.7 Å². The third-order valence-corrected chi connectivity index (χ3v) is 4.83. The van der Waals surface area contributed by atoms with Crippen molar-refractivity contribution in [1.82, 2.24) is 5.32 Å². The molecule has 0 aliphatic rings. The molecule has 3 aromatic carbocycles. The van der Waals surface area contributed by atoms with Gasteiger partial charge in [-0.2, -0.15) is 13.2 Å². The van der Waals surface area contributed by atoms with E-state index in [1.54, 1.807) is 42.5 Å². The molecule has 0 saturated carbocycles. The number of benzene rings is 3. The lowest BCUT2D eigenvalue weighted by molar-refractivity contribution is -0.137. The Labute approximate surface area is 192 Å². The number of thiocarbonyl (C=S) groups is 1. The van der Waals surface area contributed by atoms with Gasteiger partial charge < -0.3 is 14.5 Å². The number of ether oxygens (including phenoxy) is 1. The summed E-state index contributed by atoms with van der Waals surface area (Å²) in [7, 11) is 0. The van der Waals surface area contributed by atoms with Crippen molar-refractivity contribution in [1.29, 1.82) is 0 Å². The zero-order chi connectivity index (χ0) is 23.4. The summed E-state index contributed by atoms with van der Waals surface area (Å²) in [6.45, 7) is -0.0411. The molecular formula is C24H17F3N2O3S. The number of para-hydroxylation sites is 1. The number of hydrogen-bond donors (Lipinski definition) is 2. The van der Waals surface area contributed by atoms with Crippen LogP contribution in [0.4, 0.5) is 18.9 Å². The minimum absolute atomic E-state index is 0.0411. The number of hydrogen-bond acceptors (Lipinski definition) is 4. The Morgan fingerprint density at radius 3 is 2.55 bits per heavy atom. The van der Waals surface area contributed by atoms with Crippen LogP contribution in [0.1, 0.15) is 21.7 Å². The first-order chi connectivity index (χ1) is 15.8. The Morgan fingerprint density at radius 1 is 0.970 bits per heavy atom. The summed E-state index contributed by atoms with van der Waals surface area (Å²) in [5, 5.41) is 6.27. The number of halogens is 3. The zero-order valence-electron chi connectivity index (χ0n) is 17.0. The molecule has 0 fully saturated rings. The molecule has 0 spiro atoms. The molecule has 0 atom stereocenters. The number of fused-ring (bicyclic) bond motifs is 1. The van der Waals surface area contributed by atoms with E-state index in [2.05, 4.69) is 10.6 Å². The normalized spacial score (nSPS) is 11.2. The Bertz CT molecular complexity index is 1280. The third-order valence-electron chi connectivity index (χ3n) is 4.63. The van der Waals surface area contributed by atoms with E-state index in [1.807, 2.05) is 18.2 Å². The molecule has 1 aromatic heterocycles. The number of alkyl halides is 3. The van der Waals surface area contributed by atoms with E-state index in [0.717, 1.165) is 17.5 Å². The third kappa shape index (κ3) is 5.69. The van der Waals surface area contributed by atoms with E-state index in [0.29, 0.717) is 22.6 Å². The van der Waals surface area contributed by atoms with E-state index in [9.17, 15) is 18.0 Å². The van der Waals surface area contributed by atoms with E-state index in [4.69, 9.17) is 21.4 Å². The molecular weight excluding hydrogens is 453 g/mol. The van der Waals surface area contributed by atoms with Crippen LogP contribution in [0, 0.1) is 0 Å². The van der Waals surface area contributed by atoms with Gasteiger partial charge in [-0.25, -0.2) is 0 Å². The standard InChI is InChI=1S/C24H17F3N2O3S/c25-24(26,27)17-7-3-5-15(11-17)14-31-19-9-4-8-18(13-19)28-23(33)29-22(30)21-12-16-6-1-2-10-20(16)32-21/h1-13H,14H2,(H2,28,29,30,33). The summed E-state index contributed by atoms with van der Waals surface area (Å²) in [5.41, 5.74) is 0.778. The number of amides is 1. The first kappa shape index (κ1) is 22.3. The van der Waals surface area contributed by atoms with E-state index >= 15 is 0 Å². The van der Waals surface area contributed by atoms with Crippen LogP contribution in [0.2, 0.25) is 0 Å². The molecule has 0 aliphatic carbocycles. The maximum Gasteiger partial charge on any atom is 0.416 e. The largest absolute Gasteiger partial charge is 0.489 e. The fourth-order valence-corrected chi connectivity index (χ4v) is 3.30. The van der Waals surface area contributed by atoms with Gasteiger partial charge in [0.1, 0.15) is 17.9 Å². The minimum Gasteiger partial charge on any atom is -0.489 e. The highest BCUT2D eigenvalue weighted by molar-refractivity contribution is 7.80. The summed E-state index contributed by atoms with van der Waals surface area (Å²) >= 11 is 5.19. The fraction of sp³-hybridized carbons (Fsp3) is 0.0833. The summed E-state index contributed by atoms with van der Waals surface area (Å²) < 4.78 is 49.7. The zero-order valence-corrected chi connectivity index (χ0v) is 17.8. The predicted molar refractivity (Wildman–Crippen MR) is 122 cm³/mol. The molecule has 5 nitrogen and oxygen atoms in total. The molecule has 9 heteroatoms. The Balaban J connectivity index is 1.35. The second kappa shape index (κ2) is 9.33. The highest BCUT2D eigenvalue weighted by atomic mass is 32.1.